The topological polar surface area (TPSA) is 106 Å². The molecule has 8 heavy (non-hydrogen) atoms. The zero-order chi connectivity index (χ0) is 6.62. The summed E-state index contributed by atoms with van der Waals surface area (Å²) >= 11 is 4.38. The Balaban J connectivity index is 3.79. The molecule has 0 amide bonds. The molecule has 0 aliphatic carbocycles. The summed E-state index contributed by atoms with van der Waals surface area (Å²) in [6, 6.07) is 0. The van der Waals surface area contributed by atoms with E-state index in [-0.39, 0.29) is 0 Å². The van der Waals surface area contributed by atoms with Gasteiger partial charge in [-0.2, -0.15) is 0 Å². The molecule has 6 nitrogen and oxygen atoms in total. The number of rotatable bonds is 3. The molecule has 50 valence electrons. The van der Waals surface area contributed by atoms with E-state index in [1.807, 2.05) is 0 Å². The van der Waals surface area contributed by atoms with Crippen LogP contribution >= 0.6 is 6.72 Å². The van der Waals surface area contributed by atoms with Crippen molar-refractivity contribution in [2.75, 3.05) is 0 Å². The van der Waals surface area contributed by atoms with Crippen molar-refractivity contribution in [3.05, 3.63) is 0 Å². The Kier molecular flexibility index (Phi) is 3.61. The second-order valence-electron chi connectivity index (χ2n) is 0.763. The highest BCUT2D eigenvalue weighted by molar-refractivity contribution is 8.07. The molecule has 0 aromatic rings. The van der Waals surface area contributed by atoms with Gasteiger partial charge in [0.1, 0.15) is 0 Å². The first-order valence-corrected chi connectivity index (χ1v) is 3.99. The van der Waals surface area contributed by atoms with E-state index in [9.17, 15) is 0 Å². The van der Waals surface area contributed by atoms with Crippen molar-refractivity contribution in [2.24, 2.45) is 17.7 Å². The van der Waals surface area contributed by atoms with Crippen molar-refractivity contribution in [3.8, 4) is 0 Å². The minimum Gasteiger partial charge on any atom is -0.221 e. The molecule has 0 aromatic carbocycles. The van der Waals surface area contributed by atoms with E-state index < -0.39 is 6.72 Å². The second kappa shape index (κ2) is 3.44. The summed E-state index contributed by atoms with van der Waals surface area (Å²) in [5, 5.41) is 0. The summed E-state index contributed by atoms with van der Waals surface area (Å²) in [5.41, 5.74) is 0. The van der Waals surface area contributed by atoms with E-state index >= 15 is 0 Å². The van der Waals surface area contributed by atoms with E-state index in [1.165, 1.54) is 0 Å². The van der Waals surface area contributed by atoms with Crippen molar-refractivity contribution in [3.63, 3.8) is 0 Å². The highest BCUT2D eigenvalue weighted by Gasteiger charge is 2.15. The standard InChI is InChI=1S/H6N3O3PS/c1-4-7(8,5-2)6-3/h1-3H2. The molecule has 0 atom stereocenters. The number of hydrogen-bond acceptors (Lipinski definition) is 7. The summed E-state index contributed by atoms with van der Waals surface area (Å²) in [7, 11) is 0. The summed E-state index contributed by atoms with van der Waals surface area (Å²) in [5.74, 6) is 13.7. The summed E-state index contributed by atoms with van der Waals surface area (Å²) < 4.78 is 11.9. The fourth-order valence-electron chi connectivity index (χ4n) is 0.0745. The molecule has 0 rings (SSSR count). The van der Waals surface area contributed by atoms with Gasteiger partial charge in [0.15, 0.2) is 0 Å². The van der Waals surface area contributed by atoms with Crippen LogP contribution in [0.1, 0.15) is 0 Å². The minimum absolute atomic E-state index is 3.00. The molecule has 0 aromatic heterocycles. The van der Waals surface area contributed by atoms with Gasteiger partial charge in [0.25, 0.3) is 0 Å². The summed E-state index contributed by atoms with van der Waals surface area (Å²) in [6.07, 6.45) is 0. The molecule has 0 radical (unpaired) electrons. The van der Waals surface area contributed by atoms with Crippen LogP contribution in [0, 0.1) is 0 Å². The van der Waals surface area contributed by atoms with Crippen LogP contribution in [0.25, 0.3) is 0 Å². The molecular formula is H6N3O3PS. The Bertz CT molecular complexity index is 85.7. The van der Waals surface area contributed by atoms with Crippen LogP contribution in [0.2, 0.25) is 0 Å². The lowest BCUT2D eigenvalue weighted by Gasteiger charge is -2.09. The molecule has 0 fully saturated rings. The monoisotopic (exact) mass is 159 g/mol. The SMILES string of the molecule is NOP(=S)(ON)ON. The van der Waals surface area contributed by atoms with E-state index in [1.54, 1.807) is 0 Å². The van der Waals surface area contributed by atoms with E-state index in [2.05, 4.69) is 43.4 Å². The van der Waals surface area contributed by atoms with Gasteiger partial charge in [-0.05, 0) is 11.8 Å². The first-order chi connectivity index (χ1) is 3.68. The third-order valence-corrected chi connectivity index (χ3v) is 1.94. The summed E-state index contributed by atoms with van der Waals surface area (Å²) in [4.78, 5) is 0. The Labute approximate surface area is 51.0 Å². The molecule has 0 unspecified atom stereocenters. The van der Waals surface area contributed by atoms with Crippen LogP contribution < -0.4 is 17.7 Å². The first-order valence-electron chi connectivity index (χ1n) is 1.44. The average molecular weight is 159 g/mol. The lowest BCUT2D eigenvalue weighted by molar-refractivity contribution is 0.161. The van der Waals surface area contributed by atoms with Gasteiger partial charge in [-0.15, -0.1) is 0 Å². The van der Waals surface area contributed by atoms with Gasteiger partial charge in [0, 0.05) is 0 Å². The molecule has 0 aliphatic heterocycles. The Hall–Kier alpha value is 0.410. The van der Waals surface area contributed by atoms with Gasteiger partial charge in [-0.1, -0.05) is 0 Å². The second-order valence-corrected chi connectivity index (χ2v) is 3.63. The summed E-state index contributed by atoms with van der Waals surface area (Å²) in [6.45, 7) is -3.00. The fraction of sp³-hybridized carbons (Fsp3) is 0. The normalized spacial score (nSPS) is 11.9. The van der Waals surface area contributed by atoms with Crippen molar-refractivity contribution in [1.82, 2.24) is 0 Å². The van der Waals surface area contributed by atoms with Gasteiger partial charge in [-0.25, -0.2) is 31.6 Å². The molecular weight excluding hydrogens is 153 g/mol. The first kappa shape index (κ1) is 8.41. The van der Waals surface area contributed by atoms with Crippen molar-refractivity contribution in [1.29, 1.82) is 0 Å². The molecule has 0 heterocycles. The zero-order valence-electron chi connectivity index (χ0n) is 3.81. The Morgan fingerprint density at radius 2 is 1.25 bits per heavy atom. The maximum atomic E-state index is 4.56. The van der Waals surface area contributed by atoms with Crippen LogP contribution in [-0.4, -0.2) is 0 Å². The minimum atomic E-state index is -3.00. The molecule has 0 aliphatic rings. The predicted molar refractivity (Wildman–Crippen MR) is 30.1 cm³/mol. The van der Waals surface area contributed by atoms with Crippen LogP contribution in [0.15, 0.2) is 0 Å². The fourth-order valence-corrected chi connectivity index (χ4v) is 0.224. The maximum Gasteiger partial charge on any atom is 0.377 e. The van der Waals surface area contributed by atoms with Crippen LogP contribution in [0.4, 0.5) is 0 Å². The average Bonchev–Trinajstić information content (AvgIpc) is 1.87. The number of nitrogens with two attached hydrogens (primary N) is 3. The molecule has 6 N–H and O–H groups in total. The van der Waals surface area contributed by atoms with E-state index in [4.69, 9.17) is 0 Å². The van der Waals surface area contributed by atoms with Gasteiger partial charge in [-0.3, -0.25) is 0 Å². The molecule has 0 saturated heterocycles. The van der Waals surface area contributed by atoms with E-state index in [0.717, 1.165) is 0 Å². The highest BCUT2D eigenvalue weighted by Crippen LogP contribution is 2.43. The van der Waals surface area contributed by atoms with Gasteiger partial charge in [0.2, 0.25) is 0 Å². The zero-order valence-corrected chi connectivity index (χ0v) is 5.52. The van der Waals surface area contributed by atoms with Gasteiger partial charge >= 0.3 is 6.72 Å². The maximum absolute atomic E-state index is 4.56. The van der Waals surface area contributed by atoms with Crippen LogP contribution in [0.5, 0.6) is 0 Å². The lowest BCUT2D eigenvalue weighted by atomic mass is 13.6. The predicted octanol–water partition coefficient (Wildman–Crippen LogP) is -1.12. The van der Waals surface area contributed by atoms with E-state index in [0.29, 0.717) is 0 Å². The number of hydrogen-bond donors (Lipinski definition) is 3. The van der Waals surface area contributed by atoms with Crippen LogP contribution in [-0.2, 0) is 25.7 Å². The quantitative estimate of drug-likeness (QED) is 0.353. The Morgan fingerprint density at radius 1 is 1.00 bits per heavy atom. The molecule has 0 saturated carbocycles. The highest BCUT2D eigenvalue weighted by atomic mass is 32.5. The van der Waals surface area contributed by atoms with Gasteiger partial charge < -0.3 is 0 Å². The van der Waals surface area contributed by atoms with Crippen molar-refractivity contribution < 1.29 is 13.9 Å². The molecule has 0 spiro atoms. The third kappa shape index (κ3) is 2.12. The molecule has 0 bridgehead atoms. The van der Waals surface area contributed by atoms with Crippen molar-refractivity contribution >= 4 is 18.5 Å². The van der Waals surface area contributed by atoms with Crippen molar-refractivity contribution in [2.45, 2.75) is 0 Å². The van der Waals surface area contributed by atoms with Gasteiger partial charge in [0.05, 0.1) is 0 Å². The smallest absolute Gasteiger partial charge is 0.221 e. The molecule has 8 heteroatoms. The Morgan fingerprint density at radius 3 is 1.25 bits per heavy atom. The van der Waals surface area contributed by atoms with Crippen LogP contribution in [0.3, 0.4) is 0 Å². The third-order valence-electron chi connectivity index (χ3n) is 0.387. The largest absolute Gasteiger partial charge is 0.377 e. The lowest BCUT2D eigenvalue weighted by Crippen LogP contribution is -2.10.